The van der Waals surface area contributed by atoms with Gasteiger partial charge in [0.2, 0.25) is 9.84 Å². The molecule has 0 rings (SSSR count). The smallest absolute Gasteiger partial charge is 0.426 e. The van der Waals surface area contributed by atoms with Crippen LogP contribution >= 0.6 is 0 Å². The molecule has 0 radical (unpaired) electrons. The molecule has 0 aliphatic rings. The van der Waals surface area contributed by atoms with Gasteiger partial charge >= 0.3 is 17.4 Å². The first kappa shape index (κ1) is 21.1. The molecule has 3 nitrogen and oxygen atoms in total. The molecule has 0 heterocycles. The van der Waals surface area contributed by atoms with Crippen molar-refractivity contribution >= 4 is 15.8 Å². The molecule has 0 N–H and O–H groups in total. The van der Waals surface area contributed by atoms with Gasteiger partial charge in [-0.1, -0.05) is 0 Å². The molecule has 22 heavy (non-hydrogen) atoms. The Morgan fingerprint density at radius 2 is 1.64 bits per heavy atom. The van der Waals surface area contributed by atoms with Crippen LogP contribution in [0.4, 0.5) is 34.1 Å². The van der Waals surface area contributed by atoms with E-state index in [-0.39, 0.29) is 0 Å². The number of esters is 1. The zero-order valence-electron chi connectivity index (χ0n) is 11.4. The van der Waals surface area contributed by atoms with E-state index in [1.807, 2.05) is 0 Å². The monoisotopic (exact) mass is 366 g/mol. The van der Waals surface area contributed by atoms with Crippen LogP contribution in [0.1, 0.15) is 26.2 Å². The van der Waals surface area contributed by atoms with Gasteiger partial charge in [0.15, 0.2) is 0 Å². The van der Waals surface area contributed by atoms with Crippen molar-refractivity contribution < 1.29 is 47.9 Å². The molecule has 0 amide bonds. The molecule has 2 atom stereocenters. The van der Waals surface area contributed by atoms with Crippen molar-refractivity contribution in [2.45, 2.75) is 49.0 Å². The summed E-state index contributed by atoms with van der Waals surface area (Å²) in [5.41, 5.74) is 0. The summed E-state index contributed by atoms with van der Waals surface area (Å²) in [6, 6.07) is 0. The first-order valence-corrected chi connectivity index (χ1v) is 7.64. The van der Waals surface area contributed by atoms with Gasteiger partial charge in [-0.05, 0) is 19.8 Å². The van der Waals surface area contributed by atoms with E-state index in [0.29, 0.717) is 6.92 Å². The Morgan fingerprint density at radius 1 is 1.18 bits per heavy atom. The number of carbonyl (C=O) groups is 1. The molecule has 0 aliphatic carbocycles. The highest BCUT2D eigenvalue weighted by Gasteiger charge is 2.74. The number of rotatable bonds is 7. The van der Waals surface area contributed by atoms with Gasteiger partial charge in [-0.3, -0.25) is 4.79 Å². The Hall–Kier alpha value is -0.940. The summed E-state index contributed by atoms with van der Waals surface area (Å²) in [7, 11) is -7.35. The fraction of sp³-hybridized carbons (Fsp3) is 0.900. The van der Waals surface area contributed by atoms with E-state index in [9.17, 15) is 43.1 Å². The minimum Gasteiger partial charge on any atom is -0.469 e. The number of carbonyl (C=O) groups excluding carboxylic acids is 1. The predicted molar refractivity (Wildman–Crippen MR) is 61.6 cm³/mol. The lowest BCUT2D eigenvalue weighted by molar-refractivity contribution is -0.224. The lowest BCUT2D eigenvalue weighted by Gasteiger charge is -2.39. The van der Waals surface area contributed by atoms with E-state index in [0.717, 1.165) is 7.11 Å². The fourth-order valence-corrected chi connectivity index (χ4v) is 3.06. The first-order chi connectivity index (χ1) is 9.56. The van der Waals surface area contributed by atoms with Crippen LogP contribution in [-0.2, 0) is 19.4 Å². The zero-order chi connectivity index (χ0) is 18.0. The van der Waals surface area contributed by atoms with E-state index in [2.05, 4.69) is 4.74 Å². The average molecular weight is 366 g/mol. The quantitative estimate of drug-likeness (QED) is 0.391. The van der Waals surface area contributed by atoms with Gasteiger partial charge in [0.1, 0.15) is 0 Å². The van der Waals surface area contributed by atoms with Gasteiger partial charge in [-0.25, -0.2) is 8.60 Å². The number of hydrogen-bond donors (Lipinski definition) is 0. The van der Waals surface area contributed by atoms with Crippen LogP contribution in [-0.4, -0.2) is 40.1 Å². The summed E-state index contributed by atoms with van der Waals surface area (Å²) in [5.74, 6) is -0.876. The average Bonchev–Trinajstić information content (AvgIpc) is 2.35. The standard InChI is InChI=1S/C10H14F8O3S/c1-6(4-3-5-7(19)21-2)22(17,18,20)10(15,16)8(11)9(12,13)14/h6,8H,3-5H2,1-2H3. The van der Waals surface area contributed by atoms with Crippen LogP contribution in [0.15, 0.2) is 0 Å². The minimum absolute atomic E-state index is 0.309. The Kier molecular flexibility index (Phi) is 6.01. The lowest BCUT2D eigenvalue weighted by Crippen LogP contribution is -2.58. The second-order valence-electron chi connectivity index (χ2n) is 4.56. The lowest BCUT2D eigenvalue weighted by atomic mass is 10.2. The number of halogens is 8. The SMILES string of the molecule is COC(=O)CCCC(C)S(=O)(F)(F)C(F)(F)C(F)C(F)(F)F. The summed E-state index contributed by atoms with van der Waals surface area (Å²) in [5, 5.41) is -9.16. The maximum absolute atomic E-state index is 13.6. The molecule has 0 aromatic rings. The van der Waals surface area contributed by atoms with Crippen LogP contribution in [0.3, 0.4) is 0 Å². The number of hydrogen-bond acceptors (Lipinski definition) is 3. The van der Waals surface area contributed by atoms with Crippen molar-refractivity contribution in [1.29, 1.82) is 0 Å². The van der Waals surface area contributed by atoms with E-state index in [1.165, 1.54) is 0 Å². The normalized spacial score (nSPS) is 18.2. The maximum Gasteiger partial charge on any atom is 0.426 e. The Morgan fingerprint density at radius 3 is 2.00 bits per heavy atom. The van der Waals surface area contributed by atoms with E-state index < -0.39 is 57.9 Å². The molecular weight excluding hydrogens is 352 g/mol. The predicted octanol–water partition coefficient (Wildman–Crippen LogP) is 3.80. The van der Waals surface area contributed by atoms with Crippen molar-refractivity contribution in [1.82, 2.24) is 0 Å². The molecule has 0 saturated heterocycles. The van der Waals surface area contributed by atoms with E-state index >= 15 is 0 Å². The van der Waals surface area contributed by atoms with Crippen LogP contribution < -0.4 is 0 Å². The second kappa shape index (κ2) is 6.28. The largest absolute Gasteiger partial charge is 0.469 e. The Balaban J connectivity index is 5.28. The van der Waals surface area contributed by atoms with Gasteiger partial charge in [0.25, 0.3) is 6.17 Å². The van der Waals surface area contributed by atoms with Crippen molar-refractivity contribution in [3.8, 4) is 0 Å². The molecular formula is C10H14F8O3S. The minimum atomic E-state index is -8.32. The summed E-state index contributed by atoms with van der Waals surface area (Å²) < 4.78 is 117. The highest BCUT2D eigenvalue weighted by molar-refractivity contribution is 8.12. The Bertz CT molecular complexity index is 469. The molecule has 0 aliphatic heterocycles. The van der Waals surface area contributed by atoms with Crippen LogP contribution in [0, 0.1) is 0 Å². The van der Waals surface area contributed by atoms with E-state index in [1.54, 1.807) is 0 Å². The highest BCUT2D eigenvalue weighted by Crippen LogP contribution is 2.55. The van der Waals surface area contributed by atoms with Crippen molar-refractivity contribution in [3.05, 3.63) is 0 Å². The molecule has 0 bridgehead atoms. The van der Waals surface area contributed by atoms with E-state index in [4.69, 9.17) is 0 Å². The maximum atomic E-state index is 13.6. The van der Waals surface area contributed by atoms with Gasteiger partial charge in [-0.15, -0.1) is 7.77 Å². The van der Waals surface area contributed by atoms with Crippen LogP contribution in [0.2, 0.25) is 0 Å². The number of methoxy groups -OCH3 is 1. The molecule has 12 heteroatoms. The molecule has 0 aromatic carbocycles. The van der Waals surface area contributed by atoms with Crippen molar-refractivity contribution in [3.63, 3.8) is 0 Å². The molecule has 134 valence electrons. The second-order valence-corrected chi connectivity index (χ2v) is 7.54. The third-order valence-corrected chi connectivity index (χ3v) is 5.68. The van der Waals surface area contributed by atoms with Gasteiger partial charge < -0.3 is 4.74 Å². The van der Waals surface area contributed by atoms with Gasteiger partial charge in [0.05, 0.1) is 12.4 Å². The molecule has 0 fully saturated rings. The molecule has 0 spiro atoms. The zero-order valence-corrected chi connectivity index (χ0v) is 12.2. The molecule has 2 unspecified atom stereocenters. The molecule has 0 aromatic heterocycles. The van der Waals surface area contributed by atoms with Gasteiger partial charge in [-0.2, -0.15) is 22.0 Å². The van der Waals surface area contributed by atoms with Crippen molar-refractivity contribution in [2.75, 3.05) is 7.11 Å². The first-order valence-electron chi connectivity index (χ1n) is 5.81. The van der Waals surface area contributed by atoms with Crippen molar-refractivity contribution in [2.24, 2.45) is 0 Å². The van der Waals surface area contributed by atoms with Gasteiger partial charge in [0, 0.05) is 6.42 Å². The fourth-order valence-electron chi connectivity index (χ4n) is 1.47. The van der Waals surface area contributed by atoms with Crippen LogP contribution in [0.25, 0.3) is 0 Å². The topological polar surface area (TPSA) is 43.4 Å². The van der Waals surface area contributed by atoms with Crippen LogP contribution in [0.5, 0.6) is 0 Å². The number of ether oxygens (including phenoxy) is 1. The Labute approximate surface area is 121 Å². The highest BCUT2D eigenvalue weighted by atomic mass is 32.3. The number of alkyl halides is 6. The summed E-state index contributed by atoms with van der Waals surface area (Å²) in [4.78, 5) is 10.7. The summed E-state index contributed by atoms with van der Waals surface area (Å²) >= 11 is 0. The molecule has 0 saturated carbocycles. The third-order valence-electron chi connectivity index (χ3n) is 2.95. The third kappa shape index (κ3) is 4.07. The summed E-state index contributed by atoms with van der Waals surface area (Å²) in [6.07, 6.45) is -13.5. The summed E-state index contributed by atoms with van der Waals surface area (Å²) in [6.45, 7) is 0.309.